The van der Waals surface area contributed by atoms with E-state index in [2.05, 4.69) is 0 Å². The molecule has 1 aromatic carbocycles. The van der Waals surface area contributed by atoms with Crippen LogP contribution in [0, 0.1) is 0 Å². The fourth-order valence-electron chi connectivity index (χ4n) is 3.03. The number of benzene rings is 1. The van der Waals surface area contributed by atoms with Gasteiger partial charge < -0.3 is 14.4 Å². The van der Waals surface area contributed by atoms with Gasteiger partial charge in [-0.2, -0.15) is 0 Å². The highest BCUT2D eigenvalue weighted by Gasteiger charge is 2.39. The molecule has 1 aliphatic heterocycles. The van der Waals surface area contributed by atoms with Crippen LogP contribution < -0.4 is 0 Å². The molecule has 154 valence electrons. The third kappa shape index (κ3) is 5.71. The summed E-state index contributed by atoms with van der Waals surface area (Å²) in [6, 6.07) is 7.98. The Morgan fingerprint density at radius 1 is 1.21 bits per heavy atom. The standard InChI is InChI=1S/C21H30N2O5/c1-15(22(5)20(26)27-14-16-10-7-6-8-11-16)18(24)23-13-9-12-17(23)19(25)28-21(2,3)4/h6-8,10-11,15,17H,9,12-14H2,1-5H3/t15-,17-/m0/s1. The fraction of sp³-hybridized carbons (Fsp3) is 0.571. The summed E-state index contributed by atoms with van der Waals surface area (Å²) in [5, 5.41) is 0. The Bertz CT molecular complexity index is 698. The van der Waals surface area contributed by atoms with Gasteiger partial charge in [0.15, 0.2) is 0 Å². The third-order valence-corrected chi connectivity index (χ3v) is 4.65. The molecule has 1 aromatic rings. The Labute approximate surface area is 166 Å². The highest BCUT2D eigenvalue weighted by atomic mass is 16.6. The molecule has 1 aliphatic rings. The lowest BCUT2D eigenvalue weighted by Gasteiger charge is -2.31. The summed E-state index contributed by atoms with van der Waals surface area (Å²) >= 11 is 0. The van der Waals surface area contributed by atoms with Crippen molar-refractivity contribution in [3.63, 3.8) is 0 Å². The molecule has 0 spiro atoms. The molecule has 0 radical (unpaired) electrons. The first-order valence-electron chi connectivity index (χ1n) is 9.57. The smallest absolute Gasteiger partial charge is 0.410 e. The first kappa shape index (κ1) is 21.7. The van der Waals surface area contributed by atoms with E-state index in [1.165, 1.54) is 16.8 Å². The van der Waals surface area contributed by atoms with Crippen LogP contribution in [0.3, 0.4) is 0 Å². The van der Waals surface area contributed by atoms with E-state index in [4.69, 9.17) is 9.47 Å². The number of hydrogen-bond acceptors (Lipinski definition) is 5. The molecule has 7 nitrogen and oxygen atoms in total. The van der Waals surface area contributed by atoms with Crippen LogP contribution in [0.25, 0.3) is 0 Å². The summed E-state index contributed by atoms with van der Waals surface area (Å²) in [5.74, 6) is -0.688. The number of ether oxygens (including phenoxy) is 2. The van der Waals surface area contributed by atoms with Crippen molar-refractivity contribution in [1.29, 1.82) is 0 Å². The maximum atomic E-state index is 12.9. The first-order chi connectivity index (χ1) is 13.1. The molecular weight excluding hydrogens is 360 g/mol. The van der Waals surface area contributed by atoms with E-state index < -0.39 is 29.7 Å². The Balaban J connectivity index is 1.95. The largest absolute Gasteiger partial charge is 0.458 e. The summed E-state index contributed by atoms with van der Waals surface area (Å²) in [4.78, 5) is 40.4. The van der Waals surface area contributed by atoms with Gasteiger partial charge in [0.05, 0.1) is 0 Å². The number of hydrogen-bond donors (Lipinski definition) is 0. The van der Waals surface area contributed by atoms with Crippen LogP contribution in [0.4, 0.5) is 4.79 Å². The van der Waals surface area contributed by atoms with Gasteiger partial charge in [-0.05, 0) is 46.1 Å². The zero-order chi connectivity index (χ0) is 20.9. The molecular formula is C21H30N2O5. The molecule has 28 heavy (non-hydrogen) atoms. The van der Waals surface area contributed by atoms with Crippen LogP contribution >= 0.6 is 0 Å². The molecule has 0 N–H and O–H groups in total. The average Bonchev–Trinajstić information content (AvgIpc) is 3.13. The van der Waals surface area contributed by atoms with Gasteiger partial charge in [0, 0.05) is 13.6 Å². The van der Waals surface area contributed by atoms with E-state index in [0.717, 1.165) is 12.0 Å². The van der Waals surface area contributed by atoms with Crippen molar-refractivity contribution in [2.45, 2.75) is 64.8 Å². The Hall–Kier alpha value is -2.57. The van der Waals surface area contributed by atoms with Crippen LogP contribution in [0.5, 0.6) is 0 Å². The Kier molecular flexibility index (Phi) is 7.05. The molecule has 0 aromatic heterocycles. The first-order valence-corrected chi connectivity index (χ1v) is 9.57. The van der Waals surface area contributed by atoms with Crippen LogP contribution in [0.15, 0.2) is 30.3 Å². The number of carbonyl (C=O) groups is 3. The van der Waals surface area contributed by atoms with E-state index in [1.807, 2.05) is 30.3 Å². The normalized spacial score (nSPS) is 17.8. The van der Waals surface area contributed by atoms with Gasteiger partial charge in [-0.1, -0.05) is 30.3 Å². The van der Waals surface area contributed by atoms with Crippen molar-refractivity contribution >= 4 is 18.0 Å². The molecule has 0 unspecified atom stereocenters. The minimum Gasteiger partial charge on any atom is -0.458 e. The number of amides is 2. The van der Waals surface area contributed by atoms with E-state index in [1.54, 1.807) is 27.7 Å². The molecule has 2 rings (SSSR count). The number of rotatable bonds is 5. The van der Waals surface area contributed by atoms with Gasteiger partial charge in [-0.25, -0.2) is 9.59 Å². The number of likely N-dealkylation sites (N-methyl/N-ethyl adjacent to an activating group) is 1. The van der Waals surface area contributed by atoms with Crippen molar-refractivity contribution in [3.05, 3.63) is 35.9 Å². The van der Waals surface area contributed by atoms with Gasteiger partial charge in [0.1, 0.15) is 24.3 Å². The van der Waals surface area contributed by atoms with Crippen LogP contribution in [0.2, 0.25) is 0 Å². The molecule has 2 amide bonds. The number of likely N-dealkylation sites (tertiary alicyclic amines) is 1. The lowest BCUT2D eigenvalue weighted by atomic mass is 10.1. The zero-order valence-corrected chi connectivity index (χ0v) is 17.3. The average molecular weight is 390 g/mol. The fourth-order valence-corrected chi connectivity index (χ4v) is 3.03. The minimum absolute atomic E-state index is 0.134. The summed E-state index contributed by atoms with van der Waals surface area (Å²) < 4.78 is 10.7. The quantitative estimate of drug-likeness (QED) is 0.723. The highest BCUT2D eigenvalue weighted by molar-refractivity contribution is 5.90. The van der Waals surface area contributed by atoms with Crippen LogP contribution in [-0.4, -0.2) is 59.0 Å². The molecule has 1 heterocycles. The zero-order valence-electron chi connectivity index (χ0n) is 17.3. The minimum atomic E-state index is -0.744. The molecule has 0 saturated carbocycles. The molecule has 1 fully saturated rings. The van der Waals surface area contributed by atoms with Crippen LogP contribution in [-0.2, 0) is 25.7 Å². The third-order valence-electron chi connectivity index (χ3n) is 4.65. The second-order valence-electron chi connectivity index (χ2n) is 8.05. The van der Waals surface area contributed by atoms with Gasteiger partial charge in [0.2, 0.25) is 5.91 Å². The second kappa shape index (κ2) is 9.08. The molecule has 7 heteroatoms. The summed E-state index contributed by atoms with van der Waals surface area (Å²) in [5.41, 5.74) is 0.255. The number of carbonyl (C=O) groups excluding carboxylic acids is 3. The highest BCUT2D eigenvalue weighted by Crippen LogP contribution is 2.23. The van der Waals surface area contributed by atoms with E-state index in [9.17, 15) is 14.4 Å². The van der Waals surface area contributed by atoms with Gasteiger partial charge >= 0.3 is 12.1 Å². The summed E-state index contributed by atoms with van der Waals surface area (Å²) in [6.07, 6.45) is 0.706. The van der Waals surface area contributed by atoms with Crippen molar-refractivity contribution < 1.29 is 23.9 Å². The predicted octanol–water partition coefficient (Wildman–Crippen LogP) is 2.98. The SMILES string of the molecule is C[C@@H](C(=O)N1CCC[C@H]1C(=O)OC(C)(C)C)N(C)C(=O)OCc1ccccc1. The van der Waals surface area contributed by atoms with E-state index in [-0.39, 0.29) is 12.5 Å². The molecule has 2 atom stereocenters. The van der Waals surface area contributed by atoms with Crippen molar-refractivity contribution in [2.24, 2.45) is 0 Å². The van der Waals surface area contributed by atoms with Gasteiger partial charge in [-0.3, -0.25) is 9.69 Å². The lowest BCUT2D eigenvalue weighted by Crippen LogP contribution is -2.51. The predicted molar refractivity (Wildman–Crippen MR) is 104 cm³/mol. The van der Waals surface area contributed by atoms with Crippen LogP contribution in [0.1, 0.15) is 46.1 Å². The summed E-state index contributed by atoms with van der Waals surface area (Å²) in [6.45, 7) is 7.63. The van der Waals surface area contributed by atoms with Crippen molar-refractivity contribution in [3.8, 4) is 0 Å². The van der Waals surface area contributed by atoms with Gasteiger partial charge in [0.25, 0.3) is 0 Å². The molecule has 0 aliphatic carbocycles. The lowest BCUT2D eigenvalue weighted by molar-refractivity contribution is -0.163. The second-order valence-corrected chi connectivity index (χ2v) is 8.05. The number of esters is 1. The van der Waals surface area contributed by atoms with Gasteiger partial charge in [-0.15, -0.1) is 0 Å². The van der Waals surface area contributed by atoms with E-state index in [0.29, 0.717) is 13.0 Å². The van der Waals surface area contributed by atoms with Crippen molar-refractivity contribution in [2.75, 3.05) is 13.6 Å². The Morgan fingerprint density at radius 3 is 2.46 bits per heavy atom. The Morgan fingerprint density at radius 2 is 1.86 bits per heavy atom. The molecule has 1 saturated heterocycles. The maximum Gasteiger partial charge on any atom is 0.410 e. The van der Waals surface area contributed by atoms with E-state index >= 15 is 0 Å². The summed E-state index contributed by atoms with van der Waals surface area (Å²) in [7, 11) is 1.52. The number of nitrogens with zero attached hydrogens (tertiary/aromatic N) is 2. The molecule has 0 bridgehead atoms. The van der Waals surface area contributed by atoms with Crippen molar-refractivity contribution in [1.82, 2.24) is 9.80 Å². The maximum absolute atomic E-state index is 12.9. The monoisotopic (exact) mass is 390 g/mol. The topological polar surface area (TPSA) is 76.2 Å².